The van der Waals surface area contributed by atoms with Gasteiger partial charge in [-0.1, -0.05) is 29.5 Å². The number of nitrogens with zero attached hydrogens (tertiary/aromatic N) is 4. The van der Waals surface area contributed by atoms with Crippen molar-refractivity contribution < 1.29 is 14.7 Å². The molecule has 1 aromatic heterocycles. The summed E-state index contributed by atoms with van der Waals surface area (Å²) in [4.78, 5) is 24.3. The Labute approximate surface area is 144 Å². The number of carbonyl (C=O) groups excluding carboxylic acids is 1. The predicted molar refractivity (Wildman–Crippen MR) is 92.3 cm³/mol. The second kappa shape index (κ2) is 7.12. The minimum absolute atomic E-state index is 0.0697. The Kier molecular flexibility index (Phi) is 4.74. The van der Waals surface area contributed by atoms with E-state index in [1.165, 1.54) is 4.90 Å². The van der Waals surface area contributed by atoms with Crippen molar-refractivity contribution in [3.05, 3.63) is 59.7 Å². The molecular formula is C18H18N4O3. The van der Waals surface area contributed by atoms with E-state index in [0.29, 0.717) is 12.1 Å². The van der Waals surface area contributed by atoms with Crippen LogP contribution in [0.3, 0.4) is 0 Å². The molecule has 0 saturated heterocycles. The van der Waals surface area contributed by atoms with Crippen LogP contribution in [0.15, 0.2) is 48.5 Å². The Hall–Kier alpha value is -3.22. The van der Waals surface area contributed by atoms with Gasteiger partial charge in [0.15, 0.2) is 0 Å². The molecule has 7 heteroatoms. The van der Waals surface area contributed by atoms with Gasteiger partial charge in [-0.05, 0) is 29.8 Å². The molecule has 1 heterocycles. The van der Waals surface area contributed by atoms with Crippen LogP contribution in [-0.2, 0) is 11.3 Å². The Morgan fingerprint density at radius 2 is 1.84 bits per heavy atom. The monoisotopic (exact) mass is 338 g/mol. The van der Waals surface area contributed by atoms with E-state index in [9.17, 15) is 9.59 Å². The standard InChI is InChI=1S/C18H18N4O3/c1-21(11-10-17(23)24)18(25)14-8-6-13(7-9-14)12-22-16-5-3-2-4-15(16)19-20-22/h2-9H,10-12H2,1H3,(H,23,24). The van der Waals surface area contributed by atoms with Gasteiger partial charge >= 0.3 is 5.97 Å². The molecule has 0 atom stereocenters. The van der Waals surface area contributed by atoms with Gasteiger partial charge in [-0.25, -0.2) is 4.68 Å². The molecule has 2 aromatic carbocycles. The molecule has 0 saturated carbocycles. The molecule has 0 aliphatic heterocycles. The van der Waals surface area contributed by atoms with E-state index in [0.717, 1.165) is 16.6 Å². The number of fused-ring (bicyclic) bond motifs is 1. The molecule has 7 nitrogen and oxygen atoms in total. The van der Waals surface area contributed by atoms with E-state index in [2.05, 4.69) is 10.3 Å². The van der Waals surface area contributed by atoms with Crippen LogP contribution in [0.2, 0.25) is 0 Å². The normalized spacial score (nSPS) is 10.8. The largest absolute Gasteiger partial charge is 0.481 e. The molecule has 0 radical (unpaired) electrons. The van der Waals surface area contributed by atoms with E-state index < -0.39 is 5.97 Å². The Balaban J connectivity index is 1.70. The summed E-state index contributed by atoms with van der Waals surface area (Å²) >= 11 is 0. The number of para-hydroxylation sites is 1. The van der Waals surface area contributed by atoms with Crippen LogP contribution < -0.4 is 0 Å². The first-order valence-electron chi connectivity index (χ1n) is 7.89. The number of carboxylic acids is 1. The van der Waals surface area contributed by atoms with Gasteiger partial charge in [0.25, 0.3) is 5.91 Å². The first kappa shape index (κ1) is 16.6. The summed E-state index contributed by atoms with van der Waals surface area (Å²) in [5, 5.41) is 17.0. The topological polar surface area (TPSA) is 88.3 Å². The average Bonchev–Trinajstić information content (AvgIpc) is 3.03. The molecule has 0 bridgehead atoms. The van der Waals surface area contributed by atoms with Crippen LogP contribution in [0.5, 0.6) is 0 Å². The van der Waals surface area contributed by atoms with Crippen LogP contribution >= 0.6 is 0 Å². The average molecular weight is 338 g/mol. The number of aromatic nitrogens is 3. The van der Waals surface area contributed by atoms with Gasteiger partial charge in [-0.15, -0.1) is 5.10 Å². The summed E-state index contributed by atoms with van der Waals surface area (Å²) in [6.45, 7) is 0.741. The molecule has 0 aliphatic carbocycles. The number of carbonyl (C=O) groups is 2. The van der Waals surface area contributed by atoms with Crippen molar-refractivity contribution in [3.63, 3.8) is 0 Å². The molecule has 0 unspecified atom stereocenters. The summed E-state index contributed by atoms with van der Waals surface area (Å²) < 4.78 is 1.81. The summed E-state index contributed by atoms with van der Waals surface area (Å²) in [5.41, 5.74) is 3.32. The minimum Gasteiger partial charge on any atom is -0.481 e. The fraction of sp³-hybridized carbons (Fsp3) is 0.222. The van der Waals surface area contributed by atoms with E-state index in [1.807, 2.05) is 41.1 Å². The molecular weight excluding hydrogens is 320 g/mol. The Bertz CT molecular complexity index is 902. The molecule has 128 valence electrons. The van der Waals surface area contributed by atoms with Crippen molar-refractivity contribution >= 4 is 22.9 Å². The third kappa shape index (κ3) is 3.82. The first-order valence-corrected chi connectivity index (χ1v) is 7.89. The highest BCUT2D eigenvalue weighted by Gasteiger charge is 2.13. The van der Waals surface area contributed by atoms with E-state index >= 15 is 0 Å². The molecule has 25 heavy (non-hydrogen) atoms. The van der Waals surface area contributed by atoms with Crippen molar-refractivity contribution in [2.45, 2.75) is 13.0 Å². The predicted octanol–water partition coefficient (Wildman–Crippen LogP) is 2.03. The lowest BCUT2D eigenvalue weighted by atomic mass is 10.1. The highest BCUT2D eigenvalue weighted by atomic mass is 16.4. The van der Waals surface area contributed by atoms with Gasteiger partial charge < -0.3 is 10.0 Å². The Morgan fingerprint density at radius 1 is 1.12 bits per heavy atom. The first-order chi connectivity index (χ1) is 12.0. The van der Waals surface area contributed by atoms with Crippen LogP contribution in [0.25, 0.3) is 11.0 Å². The van der Waals surface area contributed by atoms with Crippen LogP contribution in [-0.4, -0.2) is 50.5 Å². The highest BCUT2D eigenvalue weighted by molar-refractivity contribution is 5.94. The lowest BCUT2D eigenvalue weighted by Crippen LogP contribution is -2.29. The van der Waals surface area contributed by atoms with Crippen molar-refractivity contribution in [3.8, 4) is 0 Å². The number of amides is 1. The van der Waals surface area contributed by atoms with Crippen molar-refractivity contribution in [2.75, 3.05) is 13.6 Å². The molecule has 3 aromatic rings. The highest BCUT2D eigenvalue weighted by Crippen LogP contribution is 2.13. The summed E-state index contributed by atoms with van der Waals surface area (Å²) in [5.74, 6) is -1.12. The molecule has 0 fully saturated rings. The van der Waals surface area contributed by atoms with Gasteiger partial charge in [-0.2, -0.15) is 0 Å². The third-order valence-corrected chi connectivity index (χ3v) is 3.96. The van der Waals surface area contributed by atoms with E-state index in [1.54, 1.807) is 19.2 Å². The Morgan fingerprint density at radius 3 is 2.56 bits per heavy atom. The minimum atomic E-state index is -0.921. The number of aliphatic carboxylic acids is 1. The zero-order valence-corrected chi connectivity index (χ0v) is 13.8. The number of carboxylic acid groups (broad SMARTS) is 1. The van der Waals surface area contributed by atoms with Gasteiger partial charge in [0.1, 0.15) is 5.52 Å². The fourth-order valence-corrected chi connectivity index (χ4v) is 2.55. The maximum atomic E-state index is 12.3. The quantitative estimate of drug-likeness (QED) is 0.743. The van der Waals surface area contributed by atoms with Gasteiger partial charge in [-0.3, -0.25) is 9.59 Å². The lowest BCUT2D eigenvalue weighted by Gasteiger charge is -2.16. The fourth-order valence-electron chi connectivity index (χ4n) is 2.55. The van der Waals surface area contributed by atoms with Crippen molar-refractivity contribution in [2.24, 2.45) is 0 Å². The van der Waals surface area contributed by atoms with Crippen LogP contribution in [0.1, 0.15) is 22.3 Å². The maximum absolute atomic E-state index is 12.3. The molecule has 3 rings (SSSR count). The smallest absolute Gasteiger partial charge is 0.305 e. The van der Waals surface area contributed by atoms with E-state index in [4.69, 9.17) is 5.11 Å². The molecule has 0 spiro atoms. The summed E-state index contributed by atoms with van der Waals surface area (Å²) in [7, 11) is 1.60. The number of hydrogen-bond acceptors (Lipinski definition) is 4. The molecule has 1 N–H and O–H groups in total. The molecule has 1 amide bonds. The van der Waals surface area contributed by atoms with Gasteiger partial charge in [0, 0.05) is 19.2 Å². The maximum Gasteiger partial charge on any atom is 0.305 e. The molecule has 0 aliphatic rings. The van der Waals surface area contributed by atoms with Crippen LogP contribution in [0.4, 0.5) is 0 Å². The third-order valence-electron chi connectivity index (χ3n) is 3.96. The SMILES string of the molecule is CN(CCC(=O)O)C(=O)c1ccc(Cn2nnc3ccccc32)cc1. The van der Waals surface area contributed by atoms with Crippen molar-refractivity contribution in [1.82, 2.24) is 19.9 Å². The summed E-state index contributed by atoms with van der Waals surface area (Å²) in [6, 6.07) is 15.0. The van der Waals surface area contributed by atoms with Crippen LogP contribution in [0, 0.1) is 0 Å². The summed E-state index contributed by atoms with van der Waals surface area (Å²) in [6.07, 6.45) is -0.0697. The second-order valence-electron chi connectivity index (χ2n) is 5.80. The van der Waals surface area contributed by atoms with Gasteiger partial charge in [0.05, 0.1) is 18.5 Å². The van der Waals surface area contributed by atoms with Crippen molar-refractivity contribution in [1.29, 1.82) is 0 Å². The zero-order valence-electron chi connectivity index (χ0n) is 13.8. The second-order valence-corrected chi connectivity index (χ2v) is 5.80. The number of benzene rings is 2. The van der Waals surface area contributed by atoms with Gasteiger partial charge in [0.2, 0.25) is 0 Å². The number of hydrogen-bond donors (Lipinski definition) is 1. The van der Waals surface area contributed by atoms with E-state index in [-0.39, 0.29) is 18.9 Å². The number of rotatable bonds is 6. The lowest BCUT2D eigenvalue weighted by molar-refractivity contribution is -0.137. The zero-order chi connectivity index (χ0) is 17.8.